The van der Waals surface area contributed by atoms with Gasteiger partial charge in [-0.05, 0) is 91.9 Å². The van der Waals surface area contributed by atoms with Crippen molar-refractivity contribution in [2.45, 2.75) is 96.0 Å². The molecule has 0 heterocycles. The molecule has 1 aromatic rings. The van der Waals surface area contributed by atoms with Crippen LogP contribution in [0.15, 0.2) is 18.2 Å². The van der Waals surface area contributed by atoms with Gasteiger partial charge in [0.05, 0.1) is 0 Å². The molecule has 1 aromatic carbocycles. The van der Waals surface area contributed by atoms with Crippen LogP contribution in [0.1, 0.15) is 94.6 Å². The van der Waals surface area contributed by atoms with Crippen LogP contribution in [0.25, 0.3) is 0 Å². The van der Waals surface area contributed by atoms with Crippen molar-refractivity contribution < 1.29 is 14.6 Å². The molecular formula is C26H36O3. The quantitative estimate of drug-likeness (QED) is 0.623. The molecule has 0 spiro atoms. The Hall–Kier alpha value is -1.51. The number of benzene rings is 1. The summed E-state index contributed by atoms with van der Waals surface area (Å²) in [4.78, 5) is 12.6. The van der Waals surface area contributed by atoms with Crippen LogP contribution >= 0.6 is 0 Å². The van der Waals surface area contributed by atoms with Gasteiger partial charge in [0, 0.05) is 11.8 Å². The second-order valence-corrected chi connectivity index (χ2v) is 10.6. The summed E-state index contributed by atoms with van der Waals surface area (Å²) in [5.41, 5.74) is 2.97. The first-order valence-corrected chi connectivity index (χ1v) is 12.1. The minimum absolute atomic E-state index is 0.0513. The lowest BCUT2D eigenvalue weighted by Crippen LogP contribution is -2.45. The molecule has 0 bridgehead atoms. The van der Waals surface area contributed by atoms with Gasteiger partial charge in [-0.15, -0.1) is 0 Å². The third-order valence-electron chi connectivity index (χ3n) is 9.13. The molecule has 1 N–H and O–H groups in total. The van der Waals surface area contributed by atoms with E-state index in [-0.39, 0.29) is 17.5 Å². The average Bonchev–Trinajstić information content (AvgIpc) is 3.34. The smallest absolute Gasteiger partial charge is 0.306 e. The van der Waals surface area contributed by atoms with E-state index < -0.39 is 0 Å². The van der Waals surface area contributed by atoms with Crippen molar-refractivity contribution in [2.75, 3.05) is 0 Å². The highest BCUT2D eigenvalue weighted by Gasteiger charge is 2.56. The maximum Gasteiger partial charge on any atom is 0.306 e. The number of hydrogen-bond acceptors (Lipinski definition) is 3. The van der Waals surface area contributed by atoms with Crippen molar-refractivity contribution >= 4 is 5.97 Å². The van der Waals surface area contributed by atoms with Crippen molar-refractivity contribution in [3.05, 3.63) is 29.3 Å². The Labute approximate surface area is 175 Å². The number of aryl methyl sites for hydroxylation is 1. The topological polar surface area (TPSA) is 46.5 Å². The fourth-order valence-electron chi connectivity index (χ4n) is 7.55. The molecule has 3 fully saturated rings. The molecule has 4 aliphatic carbocycles. The zero-order chi connectivity index (χ0) is 20.0. The third-order valence-corrected chi connectivity index (χ3v) is 9.13. The average molecular weight is 397 g/mol. The lowest BCUT2D eigenvalue weighted by molar-refractivity contribution is -0.157. The largest absolute Gasteiger partial charge is 0.508 e. The van der Waals surface area contributed by atoms with Crippen LogP contribution in [-0.2, 0) is 16.0 Å². The van der Waals surface area contributed by atoms with E-state index in [4.69, 9.17) is 4.74 Å². The molecular weight excluding hydrogens is 360 g/mol. The molecule has 0 amide bonds. The highest BCUT2D eigenvalue weighted by Crippen LogP contribution is 2.61. The summed E-state index contributed by atoms with van der Waals surface area (Å²) in [6.07, 6.45) is 13.9. The molecule has 0 unspecified atom stereocenters. The number of phenols is 1. The number of phenolic OH excluding ortho intramolecular Hbond substituents is 1. The van der Waals surface area contributed by atoms with Gasteiger partial charge in [-0.1, -0.05) is 38.7 Å². The number of ether oxygens (including phenoxy) is 1. The molecule has 3 nitrogen and oxygen atoms in total. The summed E-state index contributed by atoms with van der Waals surface area (Å²) in [5.74, 6) is 3.19. The number of carbonyl (C=O) groups excluding carboxylic acids is 1. The fraction of sp³-hybridized carbons (Fsp3) is 0.731. The summed E-state index contributed by atoms with van der Waals surface area (Å²) in [7, 11) is 0. The number of esters is 1. The second-order valence-electron chi connectivity index (χ2n) is 10.6. The predicted molar refractivity (Wildman–Crippen MR) is 114 cm³/mol. The molecule has 5 rings (SSSR count). The molecule has 0 radical (unpaired) electrons. The van der Waals surface area contributed by atoms with Gasteiger partial charge in [0.2, 0.25) is 0 Å². The fourth-order valence-corrected chi connectivity index (χ4v) is 7.55. The summed E-state index contributed by atoms with van der Waals surface area (Å²) < 4.78 is 6.14. The third kappa shape index (κ3) is 3.49. The molecule has 29 heavy (non-hydrogen) atoms. The van der Waals surface area contributed by atoms with E-state index in [0.717, 1.165) is 31.6 Å². The van der Waals surface area contributed by atoms with E-state index in [1.54, 1.807) is 0 Å². The van der Waals surface area contributed by atoms with E-state index in [1.165, 1.54) is 56.1 Å². The molecule has 3 heteroatoms. The first kappa shape index (κ1) is 19.5. The predicted octanol–water partition coefficient (Wildman–Crippen LogP) is 6.13. The summed E-state index contributed by atoms with van der Waals surface area (Å²) in [5, 5.41) is 9.86. The van der Waals surface area contributed by atoms with Gasteiger partial charge >= 0.3 is 5.97 Å². The van der Waals surface area contributed by atoms with Crippen LogP contribution < -0.4 is 0 Å². The Kier molecular flexibility index (Phi) is 5.12. The van der Waals surface area contributed by atoms with E-state index in [9.17, 15) is 9.90 Å². The number of aromatic hydroxyl groups is 1. The van der Waals surface area contributed by atoms with Gasteiger partial charge in [-0.2, -0.15) is 0 Å². The summed E-state index contributed by atoms with van der Waals surface area (Å²) in [6.45, 7) is 2.40. The number of hydrogen-bond donors (Lipinski definition) is 1. The monoisotopic (exact) mass is 396 g/mol. The second kappa shape index (κ2) is 7.63. The first-order chi connectivity index (χ1) is 14.0. The SMILES string of the molecule is C[C@]12CC[C@H]3c4ccc(O)cc4CC[C@H]3[C@@H]1CC[C@H]2OC(=O)CCC1CCCC1. The van der Waals surface area contributed by atoms with Gasteiger partial charge in [-0.3, -0.25) is 4.79 Å². The number of fused-ring (bicyclic) bond motifs is 5. The van der Waals surface area contributed by atoms with Gasteiger partial charge in [0.1, 0.15) is 11.9 Å². The van der Waals surface area contributed by atoms with Crippen LogP contribution in [0.3, 0.4) is 0 Å². The van der Waals surface area contributed by atoms with E-state index in [2.05, 4.69) is 13.0 Å². The maximum absolute atomic E-state index is 12.6. The maximum atomic E-state index is 12.6. The van der Waals surface area contributed by atoms with Crippen LogP contribution in [0.2, 0.25) is 0 Å². The zero-order valence-electron chi connectivity index (χ0n) is 17.9. The first-order valence-electron chi connectivity index (χ1n) is 12.1. The van der Waals surface area contributed by atoms with Crippen LogP contribution in [0, 0.1) is 23.2 Å². The lowest BCUT2D eigenvalue weighted by Gasteiger charge is -2.50. The molecule has 0 aliphatic heterocycles. The minimum atomic E-state index is 0.0513. The highest BCUT2D eigenvalue weighted by atomic mass is 16.5. The summed E-state index contributed by atoms with van der Waals surface area (Å²) in [6, 6.07) is 6.00. The molecule has 0 saturated heterocycles. The van der Waals surface area contributed by atoms with Gasteiger partial charge in [0.15, 0.2) is 0 Å². The van der Waals surface area contributed by atoms with Crippen LogP contribution in [0.4, 0.5) is 0 Å². The standard InChI is InChI=1S/C26H36O3/c1-26-15-14-21-20-10-8-19(27)16-18(20)7-9-22(21)23(26)11-12-24(26)29-25(28)13-6-17-4-2-3-5-17/h8,10,16-17,21-24,27H,2-7,9,11-15H2,1H3/t21-,22+,23-,24+,26-/m0/s1. The number of carbonyl (C=O) groups is 1. The highest BCUT2D eigenvalue weighted by molar-refractivity contribution is 5.69. The van der Waals surface area contributed by atoms with E-state index in [1.807, 2.05) is 12.1 Å². The van der Waals surface area contributed by atoms with E-state index in [0.29, 0.717) is 29.9 Å². The van der Waals surface area contributed by atoms with Crippen molar-refractivity contribution in [1.29, 1.82) is 0 Å². The van der Waals surface area contributed by atoms with Crippen molar-refractivity contribution in [1.82, 2.24) is 0 Å². The number of rotatable bonds is 4. The van der Waals surface area contributed by atoms with Crippen molar-refractivity contribution in [3.8, 4) is 5.75 Å². The van der Waals surface area contributed by atoms with Crippen LogP contribution in [0.5, 0.6) is 5.75 Å². The Morgan fingerprint density at radius 3 is 2.79 bits per heavy atom. The minimum Gasteiger partial charge on any atom is -0.508 e. The molecule has 3 saturated carbocycles. The van der Waals surface area contributed by atoms with E-state index >= 15 is 0 Å². The molecule has 5 atom stereocenters. The molecule has 158 valence electrons. The Balaban J connectivity index is 1.25. The summed E-state index contributed by atoms with van der Waals surface area (Å²) >= 11 is 0. The molecule has 4 aliphatic rings. The zero-order valence-corrected chi connectivity index (χ0v) is 17.9. The Morgan fingerprint density at radius 1 is 1.14 bits per heavy atom. The normalized spacial score (nSPS) is 36.3. The Bertz CT molecular complexity index is 765. The Morgan fingerprint density at radius 2 is 1.97 bits per heavy atom. The van der Waals surface area contributed by atoms with Crippen LogP contribution in [-0.4, -0.2) is 17.2 Å². The van der Waals surface area contributed by atoms with Gasteiger partial charge < -0.3 is 9.84 Å². The van der Waals surface area contributed by atoms with Gasteiger partial charge in [-0.25, -0.2) is 0 Å². The molecule has 0 aromatic heterocycles. The lowest BCUT2D eigenvalue weighted by atomic mass is 9.55. The van der Waals surface area contributed by atoms with Gasteiger partial charge in [0.25, 0.3) is 0 Å². The van der Waals surface area contributed by atoms with Crippen molar-refractivity contribution in [3.63, 3.8) is 0 Å². The van der Waals surface area contributed by atoms with Crippen molar-refractivity contribution in [2.24, 2.45) is 23.2 Å².